The number of hydrogen-bond acceptors (Lipinski definition) is 5. The van der Waals surface area contributed by atoms with Crippen LogP contribution >= 0.6 is 0 Å². The fourth-order valence-corrected chi connectivity index (χ4v) is 3.41. The van der Waals surface area contributed by atoms with Gasteiger partial charge in [0.25, 0.3) is 0 Å². The van der Waals surface area contributed by atoms with E-state index in [0.717, 1.165) is 12.8 Å². The van der Waals surface area contributed by atoms with E-state index in [1.54, 1.807) is 13.8 Å². The van der Waals surface area contributed by atoms with Crippen LogP contribution in [0, 0.1) is 24.7 Å². The fourth-order valence-electron chi connectivity index (χ4n) is 3.41. The molecule has 0 bridgehead atoms. The molecule has 0 aliphatic heterocycles. The quantitative estimate of drug-likeness (QED) is 0.560. The van der Waals surface area contributed by atoms with E-state index in [2.05, 4.69) is 20.8 Å². The van der Waals surface area contributed by atoms with Gasteiger partial charge in [-0.2, -0.15) is 0 Å². The Morgan fingerprint density at radius 2 is 1.81 bits per heavy atom. The van der Waals surface area contributed by atoms with Gasteiger partial charge in [-0.05, 0) is 37.7 Å². The average Bonchev–Trinajstić information content (AvgIpc) is 2.63. The summed E-state index contributed by atoms with van der Waals surface area (Å²) < 4.78 is 5.22. The van der Waals surface area contributed by atoms with Crippen molar-refractivity contribution in [2.24, 2.45) is 17.8 Å². The fraction of sp³-hybridized carbons (Fsp3) is 0.682. The van der Waals surface area contributed by atoms with Crippen LogP contribution < -0.4 is 5.63 Å². The van der Waals surface area contributed by atoms with Gasteiger partial charge in [0.05, 0.1) is 17.8 Å². The van der Waals surface area contributed by atoms with E-state index >= 15 is 0 Å². The molecule has 0 fully saturated rings. The van der Waals surface area contributed by atoms with Gasteiger partial charge in [-0.1, -0.05) is 47.1 Å². The zero-order valence-electron chi connectivity index (χ0n) is 17.7. The zero-order chi connectivity index (χ0) is 20.9. The van der Waals surface area contributed by atoms with Crippen molar-refractivity contribution in [3.8, 4) is 5.75 Å². The Balaban J connectivity index is 2.89. The van der Waals surface area contributed by atoms with Gasteiger partial charge in [-0.25, -0.2) is 4.79 Å². The zero-order valence-corrected chi connectivity index (χ0v) is 17.7. The van der Waals surface area contributed by atoms with Crippen LogP contribution in [0.1, 0.15) is 71.6 Å². The van der Waals surface area contributed by atoms with E-state index in [9.17, 15) is 20.1 Å². The van der Waals surface area contributed by atoms with Gasteiger partial charge >= 0.3 is 5.63 Å². The molecule has 0 radical (unpaired) electrons. The number of aromatic hydroxyl groups is 1. The molecule has 6 atom stereocenters. The largest absolute Gasteiger partial charge is 0.507 e. The summed E-state index contributed by atoms with van der Waals surface area (Å²) in [6.07, 6.45) is 2.56. The van der Waals surface area contributed by atoms with Crippen molar-refractivity contribution in [2.45, 2.75) is 79.4 Å². The van der Waals surface area contributed by atoms with E-state index < -0.39 is 23.8 Å². The lowest BCUT2D eigenvalue weighted by molar-refractivity contribution is 0.0703. The molecule has 5 heteroatoms. The highest BCUT2D eigenvalue weighted by molar-refractivity contribution is 5.30. The molecule has 0 spiro atoms. The second-order valence-electron chi connectivity index (χ2n) is 8.17. The van der Waals surface area contributed by atoms with Gasteiger partial charge in [0, 0.05) is 17.9 Å². The normalized spacial score (nSPS) is 19.2. The lowest BCUT2D eigenvalue weighted by Gasteiger charge is -2.26. The lowest BCUT2D eigenvalue weighted by Crippen LogP contribution is -2.27. The third kappa shape index (κ3) is 6.22. The molecule has 1 heterocycles. The Kier molecular flexibility index (Phi) is 8.76. The standard InChI is InChI=1S/C22H36O5/c1-8-12(2)9-13(3)20(24)14(4)10-15(5)21(25)17(7)19-11-18(23)16(6)22(26)27-19/h10-14,17,20-21,23-25H,8-9H2,1-7H3. The number of rotatable bonds is 9. The predicted molar refractivity (Wildman–Crippen MR) is 108 cm³/mol. The summed E-state index contributed by atoms with van der Waals surface area (Å²) in [6.45, 7) is 13.4. The summed E-state index contributed by atoms with van der Waals surface area (Å²) in [5.41, 5.74) is 0.251. The SMILES string of the molecule is CCC(C)CC(C)C(O)C(C)C=C(C)C(O)C(C)c1cc(O)c(C)c(=O)o1. The van der Waals surface area contributed by atoms with E-state index in [0.29, 0.717) is 11.5 Å². The first kappa shape index (κ1) is 23.4. The predicted octanol–water partition coefficient (Wildman–Crippen LogP) is 4.13. The highest BCUT2D eigenvalue weighted by Crippen LogP contribution is 2.28. The van der Waals surface area contributed by atoms with Crippen LogP contribution in [0.4, 0.5) is 0 Å². The molecular formula is C22H36O5. The lowest BCUT2D eigenvalue weighted by atomic mass is 9.84. The van der Waals surface area contributed by atoms with Crippen molar-refractivity contribution in [1.29, 1.82) is 0 Å². The molecule has 0 aliphatic rings. The van der Waals surface area contributed by atoms with Crippen molar-refractivity contribution >= 4 is 0 Å². The first-order valence-corrected chi connectivity index (χ1v) is 9.87. The third-order valence-electron chi connectivity index (χ3n) is 5.69. The topological polar surface area (TPSA) is 90.9 Å². The van der Waals surface area contributed by atoms with Crippen molar-refractivity contribution in [3.05, 3.63) is 39.5 Å². The maximum absolute atomic E-state index is 11.8. The van der Waals surface area contributed by atoms with Gasteiger partial charge in [-0.15, -0.1) is 0 Å². The smallest absolute Gasteiger partial charge is 0.342 e. The maximum Gasteiger partial charge on any atom is 0.342 e. The van der Waals surface area contributed by atoms with E-state index in [1.807, 2.05) is 13.0 Å². The van der Waals surface area contributed by atoms with Gasteiger partial charge in [0.1, 0.15) is 11.5 Å². The minimum absolute atomic E-state index is 0.107. The molecular weight excluding hydrogens is 344 g/mol. The van der Waals surface area contributed by atoms with E-state index in [1.165, 1.54) is 13.0 Å². The van der Waals surface area contributed by atoms with Gasteiger partial charge < -0.3 is 19.7 Å². The summed E-state index contributed by atoms with van der Waals surface area (Å²) >= 11 is 0. The molecule has 0 amide bonds. The molecule has 0 aliphatic carbocycles. The summed E-state index contributed by atoms with van der Waals surface area (Å²) in [7, 11) is 0. The van der Waals surface area contributed by atoms with Crippen LogP contribution in [0.5, 0.6) is 5.75 Å². The van der Waals surface area contributed by atoms with Crippen LogP contribution in [0.15, 0.2) is 26.9 Å². The second-order valence-corrected chi connectivity index (χ2v) is 8.17. The molecule has 6 unspecified atom stereocenters. The van der Waals surface area contributed by atoms with Crippen LogP contribution in [0.25, 0.3) is 0 Å². The number of hydrogen-bond donors (Lipinski definition) is 3. The molecule has 27 heavy (non-hydrogen) atoms. The van der Waals surface area contributed by atoms with Crippen LogP contribution in [-0.4, -0.2) is 27.5 Å². The van der Waals surface area contributed by atoms with E-state index in [4.69, 9.17) is 4.42 Å². The Bertz CT molecular complexity index is 690. The molecule has 154 valence electrons. The van der Waals surface area contributed by atoms with Crippen molar-refractivity contribution < 1.29 is 19.7 Å². The Labute approximate surface area is 162 Å². The van der Waals surface area contributed by atoms with Gasteiger partial charge in [-0.3, -0.25) is 0 Å². The van der Waals surface area contributed by atoms with Crippen LogP contribution in [-0.2, 0) is 0 Å². The van der Waals surface area contributed by atoms with Gasteiger partial charge in [0.15, 0.2) is 0 Å². The molecule has 1 rings (SSSR count). The molecule has 0 saturated heterocycles. The monoisotopic (exact) mass is 380 g/mol. The van der Waals surface area contributed by atoms with Crippen molar-refractivity contribution in [1.82, 2.24) is 0 Å². The van der Waals surface area contributed by atoms with Crippen LogP contribution in [0.3, 0.4) is 0 Å². The maximum atomic E-state index is 11.8. The Morgan fingerprint density at radius 3 is 2.33 bits per heavy atom. The first-order chi connectivity index (χ1) is 12.5. The Morgan fingerprint density at radius 1 is 1.22 bits per heavy atom. The molecule has 3 N–H and O–H groups in total. The molecule has 1 aromatic rings. The number of aliphatic hydroxyl groups excluding tert-OH is 2. The third-order valence-corrected chi connectivity index (χ3v) is 5.69. The first-order valence-electron chi connectivity index (χ1n) is 9.87. The molecule has 0 saturated carbocycles. The highest BCUT2D eigenvalue weighted by atomic mass is 16.4. The summed E-state index contributed by atoms with van der Waals surface area (Å²) in [5.74, 6) is 0.230. The molecule has 0 aromatic carbocycles. The second kappa shape index (κ2) is 10.1. The van der Waals surface area contributed by atoms with Crippen molar-refractivity contribution in [3.63, 3.8) is 0 Å². The average molecular weight is 381 g/mol. The van der Waals surface area contributed by atoms with E-state index in [-0.39, 0.29) is 28.9 Å². The highest BCUT2D eigenvalue weighted by Gasteiger charge is 2.25. The summed E-state index contributed by atoms with van der Waals surface area (Å²) in [6, 6.07) is 1.38. The van der Waals surface area contributed by atoms with Crippen LogP contribution in [0.2, 0.25) is 0 Å². The molecule has 1 aromatic heterocycles. The van der Waals surface area contributed by atoms with Gasteiger partial charge in [0.2, 0.25) is 0 Å². The molecule has 5 nitrogen and oxygen atoms in total. The minimum Gasteiger partial charge on any atom is -0.507 e. The summed E-state index contributed by atoms with van der Waals surface area (Å²) in [4.78, 5) is 11.8. The summed E-state index contributed by atoms with van der Waals surface area (Å²) in [5, 5.41) is 31.1. The Hall–Kier alpha value is -1.59. The minimum atomic E-state index is -0.880. The van der Waals surface area contributed by atoms with Crippen molar-refractivity contribution in [2.75, 3.05) is 0 Å². The number of aliphatic hydroxyl groups is 2.